The number of aromatic nitrogens is 2. The van der Waals surface area contributed by atoms with Crippen LogP contribution in [0.1, 0.15) is 17.0 Å². The molecular formula is C21H24FN5O2S. The number of H-pyrrole nitrogens is 1. The van der Waals surface area contributed by atoms with Crippen LogP contribution in [0.2, 0.25) is 0 Å². The van der Waals surface area contributed by atoms with Crippen LogP contribution in [0.25, 0.3) is 11.3 Å². The molecule has 0 spiro atoms. The Bertz CT molecular complexity index is 1130. The molecule has 0 bridgehead atoms. The maximum absolute atomic E-state index is 13.7. The standard InChI is InChI=1S/C21H24FN5O2S/c1-23-21(25-11-17-10-18(22)9-8-16(17)14-30(2,28)29)26-13-20-24-12-19(27-20)15-6-4-3-5-7-15/h3-10,12H,11,13-14H2,1-2H3,(H,24,27)(H2,23,25,26). The lowest BCUT2D eigenvalue weighted by Crippen LogP contribution is -2.36. The van der Waals surface area contributed by atoms with Gasteiger partial charge in [0.2, 0.25) is 0 Å². The van der Waals surface area contributed by atoms with Crippen LogP contribution < -0.4 is 10.6 Å². The molecule has 0 saturated heterocycles. The van der Waals surface area contributed by atoms with Gasteiger partial charge >= 0.3 is 0 Å². The van der Waals surface area contributed by atoms with Gasteiger partial charge in [0, 0.05) is 19.8 Å². The third-order valence-electron chi connectivity index (χ3n) is 4.39. The highest BCUT2D eigenvalue weighted by molar-refractivity contribution is 7.89. The number of rotatable bonds is 7. The van der Waals surface area contributed by atoms with Gasteiger partial charge in [0.1, 0.15) is 11.6 Å². The molecule has 0 aliphatic rings. The molecule has 0 radical (unpaired) electrons. The highest BCUT2D eigenvalue weighted by atomic mass is 32.2. The largest absolute Gasteiger partial charge is 0.352 e. The normalized spacial score (nSPS) is 12.0. The smallest absolute Gasteiger partial charge is 0.191 e. The number of hydrogen-bond donors (Lipinski definition) is 3. The van der Waals surface area contributed by atoms with Crippen molar-refractivity contribution < 1.29 is 12.8 Å². The molecule has 3 aromatic rings. The van der Waals surface area contributed by atoms with Crippen molar-refractivity contribution in [3.63, 3.8) is 0 Å². The minimum Gasteiger partial charge on any atom is -0.352 e. The fraction of sp³-hybridized carbons (Fsp3) is 0.238. The molecule has 1 heterocycles. The number of hydrogen-bond acceptors (Lipinski definition) is 4. The van der Waals surface area contributed by atoms with Crippen LogP contribution >= 0.6 is 0 Å². The second-order valence-corrected chi connectivity index (χ2v) is 9.01. The molecule has 0 unspecified atom stereocenters. The quantitative estimate of drug-likeness (QED) is 0.396. The number of nitrogens with one attached hydrogen (secondary N) is 3. The molecule has 0 atom stereocenters. The lowest BCUT2D eigenvalue weighted by molar-refractivity contribution is 0.599. The van der Waals surface area contributed by atoms with Crippen molar-refractivity contribution in [3.8, 4) is 11.3 Å². The Labute approximate surface area is 175 Å². The average Bonchev–Trinajstić information content (AvgIpc) is 3.19. The maximum atomic E-state index is 13.7. The summed E-state index contributed by atoms with van der Waals surface area (Å²) in [6.45, 7) is 0.640. The van der Waals surface area contributed by atoms with Crippen LogP contribution in [-0.2, 0) is 28.7 Å². The number of aliphatic imine (C=N–C) groups is 1. The Balaban J connectivity index is 1.61. The maximum Gasteiger partial charge on any atom is 0.191 e. The van der Waals surface area contributed by atoms with E-state index < -0.39 is 15.7 Å². The molecule has 0 saturated carbocycles. The van der Waals surface area contributed by atoms with E-state index in [1.807, 2.05) is 30.3 Å². The Kier molecular flexibility index (Phi) is 6.83. The second kappa shape index (κ2) is 9.53. The molecule has 30 heavy (non-hydrogen) atoms. The molecule has 0 aliphatic heterocycles. The van der Waals surface area contributed by atoms with Crippen molar-refractivity contribution in [1.82, 2.24) is 20.6 Å². The molecule has 2 aromatic carbocycles. The van der Waals surface area contributed by atoms with E-state index >= 15 is 0 Å². The molecule has 158 valence electrons. The van der Waals surface area contributed by atoms with Crippen molar-refractivity contribution in [3.05, 3.63) is 77.5 Å². The lowest BCUT2D eigenvalue weighted by Gasteiger charge is -2.14. The zero-order valence-electron chi connectivity index (χ0n) is 16.8. The Morgan fingerprint density at radius 1 is 1.10 bits per heavy atom. The van der Waals surface area contributed by atoms with Crippen LogP contribution in [0.4, 0.5) is 4.39 Å². The summed E-state index contributed by atoms with van der Waals surface area (Å²) in [7, 11) is -1.61. The van der Waals surface area contributed by atoms with Crippen LogP contribution in [0.5, 0.6) is 0 Å². The molecule has 0 fully saturated rings. The van der Waals surface area contributed by atoms with E-state index in [-0.39, 0.29) is 12.3 Å². The first-order valence-corrected chi connectivity index (χ1v) is 11.4. The summed E-state index contributed by atoms with van der Waals surface area (Å²) in [6, 6.07) is 14.0. The Morgan fingerprint density at radius 3 is 2.53 bits per heavy atom. The molecule has 0 amide bonds. The molecule has 3 N–H and O–H groups in total. The van der Waals surface area contributed by atoms with E-state index in [0.717, 1.165) is 23.3 Å². The zero-order valence-corrected chi connectivity index (χ0v) is 17.6. The summed E-state index contributed by atoms with van der Waals surface area (Å²) in [5.41, 5.74) is 3.08. The predicted octanol–water partition coefficient (Wildman–Crippen LogP) is 2.63. The van der Waals surface area contributed by atoms with Crippen LogP contribution in [0.3, 0.4) is 0 Å². The van der Waals surface area contributed by atoms with Gasteiger partial charge in [-0.25, -0.2) is 17.8 Å². The van der Waals surface area contributed by atoms with Gasteiger partial charge in [-0.2, -0.15) is 0 Å². The summed E-state index contributed by atoms with van der Waals surface area (Å²) < 4.78 is 36.9. The van der Waals surface area contributed by atoms with Gasteiger partial charge in [0.05, 0.1) is 24.2 Å². The third kappa shape index (κ3) is 6.15. The molecule has 1 aromatic heterocycles. The van der Waals surface area contributed by atoms with Gasteiger partial charge in [-0.15, -0.1) is 0 Å². The molecular weight excluding hydrogens is 405 g/mol. The van der Waals surface area contributed by atoms with Crippen LogP contribution in [0, 0.1) is 5.82 Å². The molecule has 9 heteroatoms. The van der Waals surface area contributed by atoms with Gasteiger partial charge in [-0.05, 0) is 28.8 Å². The van der Waals surface area contributed by atoms with Gasteiger partial charge in [-0.1, -0.05) is 36.4 Å². The highest BCUT2D eigenvalue weighted by Crippen LogP contribution is 2.16. The fourth-order valence-corrected chi connectivity index (χ4v) is 3.81. The van der Waals surface area contributed by atoms with E-state index in [4.69, 9.17) is 0 Å². The average molecular weight is 430 g/mol. The van der Waals surface area contributed by atoms with E-state index in [0.29, 0.717) is 23.6 Å². The summed E-state index contributed by atoms with van der Waals surface area (Å²) in [6.07, 6.45) is 2.92. The SMILES string of the molecule is CN=C(NCc1ncc(-c2ccccc2)[nH]1)NCc1cc(F)ccc1CS(C)(=O)=O. The number of benzene rings is 2. The van der Waals surface area contributed by atoms with Crippen molar-refractivity contribution >= 4 is 15.8 Å². The van der Waals surface area contributed by atoms with E-state index in [2.05, 4.69) is 25.6 Å². The third-order valence-corrected chi connectivity index (χ3v) is 5.23. The van der Waals surface area contributed by atoms with E-state index in [1.165, 1.54) is 18.2 Å². The first-order chi connectivity index (χ1) is 14.3. The number of aromatic amines is 1. The number of sulfone groups is 1. The summed E-state index contributed by atoms with van der Waals surface area (Å²) in [4.78, 5) is 11.8. The van der Waals surface area contributed by atoms with Crippen molar-refractivity contribution in [1.29, 1.82) is 0 Å². The fourth-order valence-electron chi connectivity index (χ4n) is 2.97. The van der Waals surface area contributed by atoms with Crippen LogP contribution in [0.15, 0.2) is 59.7 Å². The lowest BCUT2D eigenvalue weighted by atomic mass is 10.1. The van der Waals surface area contributed by atoms with Crippen molar-refractivity contribution in [2.45, 2.75) is 18.8 Å². The molecule has 7 nitrogen and oxygen atoms in total. The predicted molar refractivity (Wildman–Crippen MR) is 116 cm³/mol. The molecule has 0 aliphatic carbocycles. The minimum absolute atomic E-state index is 0.148. The number of imidazole rings is 1. The summed E-state index contributed by atoms with van der Waals surface area (Å²) in [5, 5.41) is 6.22. The highest BCUT2D eigenvalue weighted by Gasteiger charge is 2.11. The van der Waals surface area contributed by atoms with Gasteiger partial charge < -0.3 is 15.6 Å². The van der Waals surface area contributed by atoms with E-state index in [9.17, 15) is 12.8 Å². The first-order valence-electron chi connectivity index (χ1n) is 9.33. The van der Waals surface area contributed by atoms with Crippen molar-refractivity contribution in [2.24, 2.45) is 4.99 Å². The van der Waals surface area contributed by atoms with Crippen LogP contribution in [-0.4, -0.2) is 37.6 Å². The topological polar surface area (TPSA) is 99.2 Å². The second-order valence-electron chi connectivity index (χ2n) is 6.87. The Hall–Kier alpha value is -3.20. The molecule has 3 rings (SSSR count). The van der Waals surface area contributed by atoms with Gasteiger partial charge in [0.25, 0.3) is 0 Å². The van der Waals surface area contributed by atoms with Gasteiger partial charge in [-0.3, -0.25) is 4.99 Å². The van der Waals surface area contributed by atoms with Gasteiger partial charge in [0.15, 0.2) is 15.8 Å². The number of guanidine groups is 1. The van der Waals surface area contributed by atoms with Crippen molar-refractivity contribution in [2.75, 3.05) is 13.3 Å². The monoisotopic (exact) mass is 429 g/mol. The number of halogens is 1. The first kappa shape index (κ1) is 21.5. The minimum atomic E-state index is -3.23. The number of nitrogens with zero attached hydrogens (tertiary/aromatic N) is 2. The summed E-state index contributed by atoms with van der Waals surface area (Å²) in [5.74, 6) is 0.656. The Morgan fingerprint density at radius 2 is 1.83 bits per heavy atom. The van der Waals surface area contributed by atoms with E-state index in [1.54, 1.807) is 13.2 Å². The summed E-state index contributed by atoms with van der Waals surface area (Å²) >= 11 is 0. The zero-order chi connectivity index (χ0) is 21.6.